The van der Waals surface area contributed by atoms with Gasteiger partial charge in [-0.25, -0.2) is 53.6 Å². The van der Waals surface area contributed by atoms with Crippen LogP contribution in [-0.4, -0.2) is 154 Å². The first-order chi connectivity index (χ1) is 56.2. The van der Waals surface area contributed by atoms with Crippen LogP contribution in [0.25, 0.3) is 43.6 Å². The molecule has 23 nitrogen and oxygen atoms in total. The lowest BCUT2D eigenvalue weighted by molar-refractivity contribution is 0.0588. The Bertz CT molecular complexity index is 5750. The molecular weight excluding hydrogens is 1550 g/mol. The van der Waals surface area contributed by atoms with Crippen molar-refractivity contribution in [3.63, 3.8) is 0 Å². The third kappa shape index (κ3) is 20.4. The molecule has 2 fully saturated rings. The lowest BCUT2D eigenvalue weighted by Crippen LogP contribution is -2.37. The Balaban J connectivity index is 0.000000154. The maximum absolute atomic E-state index is 13.3. The van der Waals surface area contributed by atoms with Gasteiger partial charge in [0, 0.05) is 72.5 Å². The number of aryl methyl sites for hydroxylation is 1. The molecule has 610 valence electrons. The van der Waals surface area contributed by atoms with Gasteiger partial charge in [0.25, 0.3) is 0 Å². The zero-order valence-electron chi connectivity index (χ0n) is 65.5. The molecule has 0 amide bonds. The number of fused-ring (bicyclic) bond motifs is 4. The summed E-state index contributed by atoms with van der Waals surface area (Å²) in [5.74, 6) is -2.62. The number of pyridine rings is 4. The number of nitrogens with zero attached hydrogens (tertiary/aromatic N) is 6. The largest absolute Gasteiger partial charge is 0.505 e. The summed E-state index contributed by atoms with van der Waals surface area (Å²) in [5, 5.41) is 23.3. The fraction of sp³-hybridized carbons (Fsp3) is 0.273. The van der Waals surface area contributed by atoms with E-state index in [0.717, 1.165) is 74.7 Å². The van der Waals surface area contributed by atoms with E-state index in [1.165, 1.54) is 113 Å². The molecule has 117 heavy (non-hydrogen) atoms. The van der Waals surface area contributed by atoms with Gasteiger partial charge in [-0.3, -0.25) is 19.9 Å². The average Bonchev–Trinajstić information content (AvgIpc) is 0.779. The van der Waals surface area contributed by atoms with Crippen molar-refractivity contribution in [2.75, 3.05) is 74.4 Å². The van der Waals surface area contributed by atoms with E-state index in [2.05, 4.69) is 19.9 Å². The van der Waals surface area contributed by atoms with Crippen LogP contribution in [0.2, 0.25) is 0 Å². The summed E-state index contributed by atoms with van der Waals surface area (Å²) in [6, 6.07) is 39.2. The molecule has 2 aliphatic rings. The minimum atomic E-state index is -3.40. The quantitative estimate of drug-likeness (QED) is 0.0384. The van der Waals surface area contributed by atoms with Crippen LogP contribution in [0.3, 0.4) is 0 Å². The number of hydrogen-bond donors (Lipinski definition) is 2. The molecule has 0 spiro atoms. The van der Waals surface area contributed by atoms with Crippen LogP contribution in [-0.2, 0) is 90.8 Å². The number of aliphatic hydroxyl groups excluding tert-OH is 1. The predicted molar refractivity (Wildman–Crippen MR) is 433 cm³/mol. The van der Waals surface area contributed by atoms with Crippen molar-refractivity contribution >= 4 is 87.5 Å². The van der Waals surface area contributed by atoms with Crippen molar-refractivity contribution < 1.29 is 96.9 Å². The monoisotopic (exact) mass is 1640 g/mol. The number of halogens is 4. The highest BCUT2D eigenvalue weighted by atomic mass is 32.2. The second-order valence-corrected chi connectivity index (χ2v) is 31.8. The Hall–Kier alpha value is -12.0. The molecule has 8 aromatic carbocycles. The summed E-state index contributed by atoms with van der Waals surface area (Å²) in [5.41, 5.74) is 12.5. The van der Waals surface area contributed by atoms with Gasteiger partial charge in [-0.1, -0.05) is 55.5 Å². The molecule has 0 saturated carbocycles. The maximum atomic E-state index is 13.3. The molecule has 6 heterocycles. The molecule has 4 aromatic heterocycles. The average molecular weight is 1640 g/mol. The zero-order valence-corrected chi connectivity index (χ0v) is 67.1. The molecule has 0 radical (unpaired) electrons. The van der Waals surface area contributed by atoms with Crippen molar-refractivity contribution in [3.05, 3.63) is 283 Å². The highest BCUT2D eigenvalue weighted by molar-refractivity contribution is 7.89. The van der Waals surface area contributed by atoms with Gasteiger partial charge in [0.2, 0.25) is 20.0 Å². The molecule has 0 unspecified atom stereocenters. The minimum absolute atomic E-state index is 0.0603. The number of hydrogen-bond acceptors (Lipinski definition) is 21. The Morgan fingerprint density at radius 3 is 0.949 bits per heavy atom. The summed E-state index contributed by atoms with van der Waals surface area (Å²) in [6.45, 7) is 2.76. The fourth-order valence-electron chi connectivity index (χ4n) is 14.0. The van der Waals surface area contributed by atoms with Crippen molar-refractivity contribution in [1.82, 2.24) is 28.5 Å². The number of benzene rings is 8. The first kappa shape index (κ1) is 85.9. The summed E-state index contributed by atoms with van der Waals surface area (Å²) in [4.78, 5) is 66.6. The van der Waals surface area contributed by atoms with Gasteiger partial charge in [0.15, 0.2) is 23.0 Å². The second kappa shape index (κ2) is 38.6. The standard InChI is InChI=1S/C24H25FN2O5S.C23H23FN2O5S.C21H20FNO3.C20H18FNO4/c1-31-23-21(24(28)32-2)13-18(15-27-9-3-4-10-33(27,29)30)20-12-17(14-26-22(20)23)11-16-5-7-19(25)8-6-16;1-31-23(28)20-12-17(14-26-8-2-3-9-32(26,29)30)19-11-16(13-25-21(19)22(20)27)10-15-4-6-18(24)7-5-15;1-4-15-11-18(21(24)26-3)20(25-2)19-17(15)10-14(12-23-19)9-13-5-7-16(22)8-6-13;1-25-19-17(20(24)26-2)9-14(11-23)16-8-13(10-22-18(16)19)7-12-3-5-15(21)6-4-12/h5-8,12-14H,3-4,9-11,15H2,1-2H3;4-7,11-13,27H,2-3,8-10,14H2,1H3;5-8,10-12H,4,9H2,1-3H3;3-6,8-10,23H,7,11H2,1-2H3. The molecule has 29 heteroatoms. The second-order valence-electron chi connectivity index (χ2n) is 27.6. The zero-order chi connectivity index (χ0) is 83.8. The van der Waals surface area contributed by atoms with E-state index in [4.69, 9.17) is 33.2 Å². The maximum Gasteiger partial charge on any atom is 0.341 e. The third-order valence-corrected chi connectivity index (χ3v) is 23.8. The van der Waals surface area contributed by atoms with Crippen molar-refractivity contribution in [2.45, 2.75) is 84.4 Å². The van der Waals surface area contributed by atoms with E-state index in [0.29, 0.717) is 118 Å². The minimum Gasteiger partial charge on any atom is -0.505 e. The van der Waals surface area contributed by atoms with Crippen molar-refractivity contribution in [2.24, 2.45) is 0 Å². The van der Waals surface area contributed by atoms with Gasteiger partial charge < -0.3 is 43.4 Å². The normalized spacial score (nSPS) is 13.7. The number of aliphatic hydroxyl groups is 1. The number of carbonyl (C=O) groups is 4. The summed E-state index contributed by atoms with van der Waals surface area (Å²) >= 11 is 0. The number of phenolic OH excluding ortho intramolecular Hbond substituents is 1. The summed E-state index contributed by atoms with van der Waals surface area (Å²) < 4.78 is 141. The number of phenols is 1. The van der Waals surface area contributed by atoms with Crippen LogP contribution in [0, 0.1) is 23.3 Å². The van der Waals surface area contributed by atoms with Crippen LogP contribution in [0.15, 0.2) is 170 Å². The van der Waals surface area contributed by atoms with Crippen LogP contribution < -0.4 is 14.2 Å². The molecule has 0 atom stereocenters. The lowest BCUT2D eigenvalue weighted by atomic mass is 9.98. The van der Waals surface area contributed by atoms with E-state index in [1.54, 1.807) is 91.5 Å². The summed E-state index contributed by atoms with van der Waals surface area (Å²) in [7, 11) is 2.75. The number of rotatable bonds is 21. The molecule has 0 bridgehead atoms. The van der Waals surface area contributed by atoms with Crippen LogP contribution in [0.1, 0.15) is 141 Å². The van der Waals surface area contributed by atoms with E-state index < -0.39 is 43.9 Å². The molecule has 2 aliphatic heterocycles. The number of aromatic nitrogens is 4. The molecule has 2 saturated heterocycles. The smallest absolute Gasteiger partial charge is 0.341 e. The van der Waals surface area contributed by atoms with E-state index in [9.17, 15) is 63.8 Å². The van der Waals surface area contributed by atoms with Gasteiger partial charge in [0.1, 0.15) is 67.6 Å². The Morgan fingerprint density at radius 1 is 0.376 bits per heavy atom. The number of methoxy groups -OCH3 is 7. The first-order valence-electron chi connectivity index (χ1n) is 37.2. The third-order valence-electron chi connectivity index (χ3n) is 20.0. The molecule has 12 aromatic rings. The number of esters is 4. The fourth-order valence-corrected chi connectivity index (χ4v) is 17.2. The molecular formula is C88H86F4N6O17S2. The number of carbonyl (C=O) groups excluding carboxylic acids is 4. The van der Waals surface area contributed by atoms with Crippen LogP contribution >= 0.6 is 0 Å². The Labute approximate surface area is 673 Å². The number of aromatic hydroxyl groups is 1. The van der Waals surface area contributed by atoms with Crippen LogP contribution in [0.4, 0.5) is 17.6 Å². The SMILES string of the molecule is CCc1cc(C(=O)OC)c(OC)c2ncc(Cc3ccc(F)cc3)cc12.COC(=O)c1cc(CN2CCCCS2(=O)=O)c2cc(Cc3ccc(F)cc3)cnc2c1O.COC(=O)c1cc(CN2CCCCS2(=O)=O)c2cc(Cc3ccc(F)cc3)cnc2c1OC.COC(=O)c1cc(CO)c2cc(Cc3ccc(F)cc3)cnc2c1OC. The molecule has 14 rings (SSSR count). The van der Waals surface area contributed by atoms with E-state index >= 15 is 0 Å². The topological polar surface area (TPSA) is 300 Å². The molecule has 2 N–H and O–H groups in total. The Morgan fingerprint density at radius 2 is 0.650 bits per heavy atom. The highest BCUT2D eigenvalue weighted by Gasteiger charge is 2.31. The van der Waals surface area contributed by atoms with Crippen LogP contribution in [0.5, 0.6) is 23.0 Å². The lowest BCUT2D eigenvalue weighted by Gasteiger charge is -2.27. The van der Waals surface area contributed by atoms with Gasteiger partial charge >= 0.3 is 23.9 Å². The van der Waals surface area contributed by atoms with Crippen molar-refractivity contribution in [3.8, 4) is 23.0 Å². The molecule has 0 aliphatic carbocycles. The number of sulfonamides is 2. The first-order valence-corrected chi connectivity index (χ1v) is 40.4. The van der Waals surface area contributed by atoms with Gasteiger partial charge in [-0.2, -0.15) is 8.61 Å². The van der Waals surface area contributed by atoms with Gasteiger partial charge in [0.05, 0.1) is 67.9 Å². The highest BCUT2D eigenvalue weighted by Crippen LogP contribution is 2.39. The van der Waals surface area contributed by atoms with Gasteiger partial charge in [-0.05, 0) is 222 Å². The van der Waals surface area contributed by atoms with E-state index in [1.807, 2.05) is 31.2 Å². The van der Waals surface area contributed by atoms with E-state index in [-0.39, 0.29) is 88.2 Å². The predicted octanol–water partition coefficient (Wildman–Crippen LogP) is 14.6. The Kier molecular flexibility index (Phi) is 28.3. The van der Waals surface area contributed by atoms with Crippen molar-refractivity contribution in [1.29, 1.82) is 0 Å². The number of ether oxygens (including phenoxy) is 7. The van der Waals surface area contributed by atoms with Gasteiger partial charge in [-0.15, -0.1) is 0 Å². The summed E-state index contributed by atoms with van der Waals surface area (Å²) in [6.07, 6.45) is 12.4.